The number of ether oxygens (including phenoxy) is 2. The van der Waals surface area contributed by atoms with Gasteiger partial charge in [0.15, 0.2) is 19.0 Å². The van der Waals surface area contributed by atoms with Crippen LogP contribution in [0.1, 0.15) is 22.8 Å². The molecule has 0 heterocycles. The molecule has 0 bridgehead atoms. The molecule has 1 amide bonds. The van der Waals surface area contributed by atoms with Gasteiger partial charge in [-0.25, -0.2) is 4.79 Å². The summed E-state index contributed by atoms with van der Waals surface area (Å²) in [7, 11) is 0. The Morgan fingerprint density at radius 2 is 1.76 bits per heavy atom. The van der Waals surface area contributed by atoms with Crippen LogP contribution in [0.2, 0.25) is 0 Å². The van der Waals surface area contributed by atoms with E-state index in [1.807, 2.05) is 19.1 Å². The summed E-state index contributed by atoms with van der Waals surface area (Å²) in [4.78, 5) is 34.8. The molecule has 0 spiro atoms. The molecule has 0 fully saturated rings. The molecule has 0 aliphatic heterocycles. The number of Topliss-reactive ketones (excluding diaryl/α,β-unsaturated/α-hetero) is 1. The minimum absolute atomic E-state index is 0.0964. The van der Waals surface area contributed by atoms with Crippen molar-refractivity contribution in [2.75, 3.05) is 18.5 Å². The van der Waals surface area contributed by atoms with E-state index in [-0.39, 0.29) is 12.4 Å². The first-order chi connectivity index (χ1) is 12.0. The second kappa shape index (κ2) is 8.63. The largest absolute Gasteiger partial charge is 0.482 e. The zero-order valence-corrected chi connectivity index (χ0v) is 14.1. The number of hydrogen-bond acceptors (Lipinski definition) is 5. The first-order valence-corrected chi connectivity index (χ1v) is 7.70. The lowest BCUT2D eigenvalue weighted by molar-refractivity contribution is -0.149. The maximum absolute atomic E-state index is 11.8. The number of ketones is 1. The molecule has 0 aliphatic rings. The first kappa shape index (κ1) is 18.2. The highest BCUT2D eigenvalue weighted by molar-refractivity contribution is 5.94. The standard InChI is InChI=1S/C19H19NO5/c1-13-6-3-4-9-17(13)20-18(22)11-25-19(23)12-24-16-8-5-7-15(10-16)14(2)21/h3-10H,11-12H2,1-2H3,(H,20,22). The Morgan fingerprint density at radius 3 is 2.48 bits per heavy atom. The number of nitrogens with one attached hydrogen (secondary N) is 1. The van der Waals surface area contributed by atoms with Crippen molar-refractivity contribution in [2.45, 2.75) is 13.8 Å². The number of hydrogen-bond donors (Lipinski definition) is 1. The predicted octanol–water partition coefficient (Wildman–Crippen LogP) is 2.76. The molecule has 2 rings (SSSR count). The summed E-state index contributed by atoms with van der Waals surface area (Å²) in [6, 6.07) is 13.8. The number of benzene rings is 2. The number of amides is 1. The van der Waals surface area contributed by atoms with Crippen molar-refractivity contribution in [2.24, 2.45) is 0 Å². The van der Waals surface area contributed by atoms with E-state index in [1.165, 1.54) is 6.92 Å². The fraction of sp³-hybridized carbons (Fsp3) is 0.211. The molecule has 0 saturated heterocycles. The van der Waals surface area contributed by atoms with Crippen LogP contribution < -0.4 is 10.1 Å². The highest BCUT2D eigenvalue weighted by atomic mass is 16.6. The average molecular weight is 341 g/mol. The quantitative estimate of drug-likeness (QED) is 0.618. The summed E-state index contributed by atoms with van der Waals surface area (Å²) in [5, 5.41) is 2.66. The van der Waals surface area contributed by atoms with Crippen LogP contribution in [-0.4, -0.2) is 30.9 Å². The SMILES string of the molecule is CC(=O)c1cccc(OCC(=O)OCC(=O)Nc2ccccc2C)c1. The summed E-state index contributed by atoms with van der Waals surface area (Å²) in [5.41, 5.74) is 2.07. The van der Waals surface area contributed by atoms with E-state index in [9.17, 15) is 14.4 Å². The molecule has 6 nitrogen and oxygen atoms in total. The van der Waals surface area contributed by atoms with Gasteiger partial charge in [-0.2, -0.15) is 0 Å². The van der Waals surface area contributed by atoms with E-state index in [1.54, 1.807) is 36.4 Å². The van der Waals surface area contributed by atoms with Crippen molar-refractivity contribution in [3.05, 3.63) is 59.7 Å². The molecule has 6 heteroatoms. The third-order valence-corrected chi connectivity index (χ3v) is 3.38. The molecule has 1 N–H and O–H groups in total. The molecule has 0 unspecified atom stereocenters. The zero-order valence-electron chi connectivity index (χ0n) is 14.1. The smallest absolute Gasteiger partial charge is 0.344 e. The van der Waals surface area contributed by atoms with Crippen LogP contribution in [-0.2, 0) is 14.3 Å². The van der Waals surface area contributed by atoms with Crippen LogP contribution >= 0.6 is 0 Å². The fourth-order valence-electron chi connectivity index (χ4n) is 2.03. The number of carbonyl (C=O) groups is 3. The van der Waals surface area contributed by atoms with Gasteiger partial charge in [-0.15, -0.1) is 0 Å². The molecule has 2 aromatic carbocycles. The highest BCUT2D eigenvalue weighted by Crippen LogP contribution is 2.14. The van der Waals surface area contributed by atoms with Crippen molar-refractivity contribution in [1.82, 2.24) is 0 Å². The van der Waals surface area contributed by atoms with Crippen LogP contribution in [0.15, 0.2) is 48.5 Å². The molecule has 2 aromatic rings. The summed E-state index contributed by atoms with van der Waals surface area (Å²) >= 11 is 0. The maximum atomic E-state index is 11.8. The lowest BCUT2D eigenvalue weighted by Crippen LogP contribution is -2.24. The Morgan fingerprint density at radius 1 is 1.00 bits per heavy atom. The van der Waals surface area contributed by atoms with Gasteiger partial charge in [0.05, 0.1) is 0 Å². The van der Waals surface area contributed by atoms with E-state index in [4.69, 9.17) is 9.47 Å². The van der Waals surface area contributed by atoms with Crippen molar-refractivity contribution in [1.29, 1.82) is 0 Å². The molecule has 0 aromatic heterocycles. The van der Waals surface area contributed by atoms with Crippen molar-refractivity contribution >= 4 is 23.3 Å². The Kier molecular flexibility index (Phi) is 6.28. The molecule has 130 valence electrons. The summed E-state index contributed by atoms with van der Waals surface area (Å²) in [6.45, 7) is 2.56. The summed E-state index contributed by atoms with van der Waals surface area (Å²) in [6.07, 6.45) is 0. The molecule has 0 radical (unpaired) electrons. The van der Waals surface area contributed by atoms with Gasteiger partial charge in [0, 0.05) is 11.3 Å². The van der Waals surface area contributed by atoms with E-state index >= 15 is 0 Å². The predicted molar refractivity (Wildman–Crippen MR) is 92.7 cm³/mol. The van der Waals surface area contributed by atoms with Gasteiger partial charge in [0.25, 0.3) is 5.91 Å². The van der Waals surface area contributed by atoms with Gasteiger partial charge < -0.3 is 14.8 Å². The highest BCUT2D eigenvalue weighted by Gasteiger charge is 2.10. The molecular weight excluding hydrogens is 322 g/mol. The van der Waals surface area contributed by atoms with E-state index < -0.39 is 18.5 Å². The fourth-order valence-corrected chi connectivity index (χ4v) is 2.03. The second-order valence-corrected chi connectivity index (χ2v) is 5.40. The molecular formula is C19H19NO5. The minimum atomic E-state index is -0.673. The number of anilines is 1. The van der Waals surface area contributed by atoms with Crippen LogP contribution in [0.5, 0.6) is 5.75 Å². The Balaban J connectivity index is 1.77. The monoisotopic (exact) mass is 341 g/mol. The van der Waals surface area contributed by atoms with Gasteiger partial charge in [-0.05, 0) is 37.6 Å². The number of rotatable bonds is 7. The average Bonchev–Trinajstić information content (AvgIpc) is 2.60. The number of carbonyl (C=O) groups excluding carboxylic acids is 3. The third kappa shape index (κ3) is 5.76. The second-order valence-electron chi connectivity index (χ2n) is 5.40. The number of aryl methyl sites for hydroxylation is 1. The van der Waals surface area contributed by atoms with Crippen molar-refractivity contribution < 1.29 is 23.9 Å². The Labute approximate surface area is 145 Å². The van der Waals surface area contributed by atoms with Gasteiger partial charge in [-0.3, -0.25) is 9.59 Å². The van der Waals surface area contributed by atoms with Gasteiger partial charge in [0.1, 0.15) is 5.75 Å². The maximum Gasteiger partial charge on any atom is 0.344 e. The lowest BCUT2D eigenvalue weighted by Gasteiger charge is -2.09. The minimum Gasteiger partial charge on any atom is -0.482 e. The van der Waals surface area contributed by atoms with Crippen molar-refractivity contribution in [3.63, 3.8) is 0 Å². The molecule has 0 saturated carbocycles. The normalized spacial score (nSPS) is 10.0. The van der Waals surface area contributed by atoms with Crippen LogP contribution in [0.25, 0.3) is 0 Å². The van der Waals surface area contributed by atoms with Crippen LogP contribution in [0.4, 0.5) is 5.69 Å². The summed E-state index contributed by atoms with van der Waals surface area (Å²) in [5.74, 6) is -0.815. The third-order valence-electron chi connectivity index (χ3n) is 3.38. The van der Waals surface area contributed by atoms with E-state index in [0.717, 1.165) is 5.56 Å². The molecule has 0 aliphatic carbocycles. The Bertz CT molecular complexity index is 785. The van der Waals surface area contributed by atoms with Gasteiger partial charge in [-0.1, -0.05) is 30.3 Å². The number of esters is 1. The Hall–Kier alpha value is -3.15. The van der Waals surface area contributed by atoms with Crippen molar-refractivity contribution in [3.8, 4) is 5.75 Å². The molecule has 25 heavy (non-hydrogen) atoms. The van der Waals surface area contributed by atoms with Gasteiger partial charge in [0.2, 0.25) is 0 Å². The van der Waals surface area contributed by atoms with Crippen LogP contribution in [0.3, 0.4) is 0 Å². The lowest BCUT2D eigenvalue weighted by atomic mass is 10.1. The van der Waals surface area contributed by atoms with E-state index in [0.29, 0.717) is 17.0 Å². The molecule has 0 atom stereocenters. The number of para-hydroxylation sites is 1. The topological polar surface area (TPSA) is 81.7 Å². The first-order valence-electron chi connectivity index (χ1n) is 7.70. The van der Waals surface area contributed by atoms with Crippen LogP contribution in [0, 0.1) is 6.92 Å². The summed E-state index contributed by atoms with van der Waals surface area (Å²) < 4.78 is 10.1. The van der Waals surface area contributed by atoms with Gasteiger partial charge >= 0.3 is 5.97 Å². The van der Waals surface area contributed by atoms with E-state index in [2.05, 4.69) is 5.32 Å². The zero-order chi connectivity index (χ0) is 18.2.